The molecule has 2 N–H and O–H groups in total. The van der Waals surface area contributed by atoms with Crippen molar-refractivity contribution in [2.45, 2.75) is 19.8 Å². The number of aromatic nitrogens is 2. The number of ether oxygens (including phenoxy) is 2. The van der Waals surface area contributed by atoms with E-state index in [0.29, 0.717) is 0 Å². The fourth-order valence-electron chi connectivity index (χ4n) is 1.25. The highest BCUT2D eigenvalue weighted by molar-refractivity contribution is 6.28. The first kappa shape index (κ1) is 14.7. The molecule has 1 saturated heterocycles. The third-order valence-corrected chi connectivity index (χ3v) is 2.29. The van der Waals surface area contributed by atoms with Crippen LogP contribution in [0.15, 0.2) is 6.20 Å². The minimum Gasteiger partial charge on any atom is -0.462 e. The summed E-state index contributed by atoms with van der Waals surface area (Å²) in [4.78, 5) is 18.4. The number of carbonyl (C=O) groups excluding carboxylic acids is 1. The van der Waals surface area contributed by atoms with E-state index < -0.39 is 5.97 Å². The lowest BCUT2D eigenvalue weighted by Gasteiger charge is -2.02. The smallest absolute Gasteiger partial charge is 0.343 e. The first-order valence-corrected chi connectivity index (χ1v) is 6.05. The lowest BCUT2D eigenvalue weighted by Crippen LogP contribution is -2.10. The Hall–Kier alpha value is -1.40. The second kappa shape index (κ2) is 7.84. The Kier molecular flexibility index (Phi) is 6.38. The van der Waals surface area contributed by atoms with Gasteiger partial charge in [0, 0.05) is 19.4 Å². The summed E-state index contributed by atoms with van der Waals surface area (Å²) in [6, 6.07) is 0. The van der Waals surface area contributed by atoms with E-state index in [4.69, 9.17) is 26.8 Å². The Morgan fingerprint density at radius 2 is 2.22 bits per heavy atom. The Bertz CT molecular complexity index is 390. The molecule has 7 heteroatoms. The average molecular weight is 274 g/mol. The van der Waals surface area contributed by atoms with Gasteiger partial charge in [-0.15, -0.1) is 0 Å². The maximum Gasteiger partial charge on any atom is 0.343 e. The quantitative estimate of drug-likeness (QED) is 0.652. The summed E-state index contributed by atoms with van der Waals surface area (Å²) < 4.78 is 9.65. The first-order valence-electron chi connectivity index (χ1n) is 5.68. The molecule has 0 amide bonds. The molecule has 2 rings (SSSR count). The molecule has 0 bridgehead atoms. The van der Waals surface area contributed by atoms with Gasteiger partial charge in [-0.3, -0.25) is 0 Å². The van der Waals surface area contributed by atoms with Gasteiger partial charge in [-0.05, 0) is 31.4 Å². The van der Waals surface area contributed by atoms with E-state index in [1.165, 1.54) is 19.0 Å². The van der Waals surface area contributed by atoms with E-state index in [9.17, 15) is 4.79 Å². The molecule has 1 fully saturated rings. The van der Waals surface area contributed by atoms with Crippen LogP contribution in [0.25, 0.3) is 0 Å². The molecule has 6 nitrogen and oxygen atoms in total. The highest BCUT2D eigenvalue weighted by Crippen LogP contribution is 2.11. The van der Waals surface area contributed by atoms with Gasteiger partial charge < -0.3 is 15.2 Å². The van der Waals surface area contributed by atoms with Crippen LogP contribution in [-0.4, -0.2) is 35.8 Å². The van der Waals surface area contributed by atoms with Crippen molar-refractivity contribution in [3.63, 3.8) is 0 Å². The molecule has 0 aromatic carbocycles. The molecule has 0 unspecified atom stereocenters. The number of hydrogen-bond donors (Lipinski definition) is 1. The fourth-order valence-corrected chi connectivity index (χ4v) is 1.39. The van der Waals surface area contributed by atoms with Gasteiger partial charge in [-0.25, -0.2) is 14.8 Å². The van der Waals surface area contributed by atoms with E-state index in [-0.39, 0.29) is 23.3 Å². The van der Waals surface area contributed by atoms with E-state index in [1.807, 2.05) is 0 Å². The molecule has 1 aliphatic rings. The molecule has 0 spiro atoms. The summed E-state index contributed by atoms with van der Waals surface area (Å²) in [6.45, 7) is 3.98. The van der Waals surface area contributed by atoms with E-state index in [0.717, 1.165) is 13.2 Å². The number of nitrogens with two attached hydrogens (primary N) is 1. The zero-order valence-corrected chi connectivity index (χ0v) is 10.9. The summed E-state index contributed by atoms with van der Waals surface area (Å²) in [5.41, 5.74) is 5.55. The number of hydrogen-bond acceptors (Lipinski definition) is 6. The Labute approximate surface area is 110 Å². The zero-order chi connectivity index (χ0) is 13.4. The van der Waals surface area contributed by atoms with Gasteiger partial charge in [0.2, 0.25) is 5.28 Å². The molecule has 1 aliphatic heterocycles. The molecular weight excluding hydrogens is 258 g/mol. The van der Waals surface area contributed by atoms with Gasteiger partial charge in [-0.1, -0.05) is 0 Å². The average Bonchev–Trinajstić information content (AvgIpc) is 2.87. The van der Waals surface area contributed by atoms with Crippen LogP contribution in [-0.2, 0) is 9.47 Å². The number of rotatable bonds is 2. The van der Waals surface area contributed by atoms with Gasteiger partial charge in [0.15, 0.2) is 0 Å². The fraction of sp³-hybridized carbons (Fsp3) is 0.545. The van der Waals surface area contributed by atoms with E-state index in [1.54, 1.807) is 6.92 Å². The summed E-state index contributed by atoms with van der Waals surface area (Å²) in [7, 11) is 0. The van der Waals surface area contributed by atoms with Gasteiger partial charge >= 0.3 is 5.97 Å². The molecule has 18 heavy (non-hydrogen) atoms. The van der Waals surface area contributed by atoms with Crippen LogP contribution in [0.4, 0.5) is 5.82 Å². The van der Waals surface area contributed by atoms with E-state index in [2.05, 4.69) is 9.97 Å². The monoisotopic (exact) mass is 273 g/mol. The lowest BCUT2D eigenvalue weighted by molar-refractivity contribution is 0.0526. The van der Waals surface area contributed by atoms with Gasteiger partial charge in [0.1, 0.15) is 11.4 Å². The minimum atomic E-state index is -0.545. The number of carbonyl (C=O) groups is 1. The summed E-state index contributed by atoms with van der Waals surface area (Å²) >= 11 is 5.44. The van der Waals surface area contributed by atoms with Crippen molar-refractivity contribution in [2.75, 3.05) is 25.6 Å². The lowest BCUT2D eigenvalue weighted by atomic mass is 10.3. The second-order valence-electron chi connectivity index (χ2n) is 3.48. The van der Waals surface area contributed by atoms with Gasteiger partial charge in [0.25, 0.3) is 0 Å². The number of nitrogens with zero attached hydrogens (tertiary/aromatic N) is 2. The number of esters is 1. The van der Waals surface area contributed by atoms with Crippen molar-refractivity contribution in [3.8, 4) is 0 Å². The molecule has 100 valence electrons. The Balaban J connectivity index is 0.000000269. The zero-order valence-electron chi connectivity index (χ0n) is 10.2. The van der Waals surface area contributed by atoms with Crippen molar-refractivity contribution in [1.29, 1.82) is 0 Å². The largest absolute Gasteiger partial charge is 0.462 e. The Morgan fingerprint density at radius 3 is 2.67 bits per heavy atom. The van der Waals surface area contributed by atoms with Crippen molar-refractivity contribution < 1.29 is 14.3 Å². The highest BCUT2D eigenvalue weighted by atomic mass is 35.5. The van der Waals surface area contributed by atoms with E-state index >= 15 is 0 Å². The maximum atomic E-state index is 11.2. The summed E-state index contributed by atoms with van der Waals surface area (Å²) in [6.07, 6.45) is 3.79. The normalized spacial score (nSPS) is 13.7. The van der Waals surface area contributed by atoms with Crippen LogP contribution in [0.2, 0.25) is 5.28 Å². The number of halogens is 1. The maximum absolute atomic E-state index is 11.2. The minimum absolute atomic E-state index is 0.00514. The number of anilines is 1. The van der Waals surface area contributed by atoms with Crippen LogP contribution >= 0.6 is 11.6 Å². The van der Waals surface area contributed by atoms with Crippen LogP contribution in [0.5, 0.6) is 0 Å². The predicted octanol–water partition coefficient (Wildman–Crippen LogP) is 1.69. The van der Waals surface area contributed by atoms with Crippen LogP contribution < -0.4 is 5.73 Å². The van der Waals surface area contributed by atoms with Crippen molar-refractivity contribution in [2.24, 2.45) is 0 Å². The molecule has 2 heterocycles. The molecule has 0 saturated carbocycles. The molecular formula is C11H16ClN3O3. The predicted molar refractivity (Wildman–Crippen MR) is 67.5 cm³/mol. The third-order valence-electron chi connectivity index (χ3n) is 2.11. The topological polar surface area (TPSA) is 87.3 Å². The Morgan fingerprint density at radius 1 is 1.56 bits per heavy atom. The van der Waals surface area contributed by atoms with Gasteiger partial charge in [0.05, 0.1) is 6.61 Å². The molecule has 0 atom stereocenters. The molecule has 0 aliphatic carbocycles. The molecule has 1 aromatic rings. The summed E-state index contributed by atoms with van der Waals surface area (Å²) in [5.74, 6) is -0.518. The van der Waals surface area contributed by atoms with Crippen molar-refractivity contribution in [3.05, 3.63) is 17.0 Å². The standard InChI is InChI=1S/C7H8ClN3O2.C4H8O/c1-2-13-6(12)4-3-10-7(8)11-5(4)9;1-2-4-5-3-1/h3H,2H2,1H3,(H2,9,10,11);1-4H2. The van der Waals surface area contributed by atoms with Crippen LogP contribution in [0, 0.1) is 0 Å². The number of nitrogen functional groups attached to an aromatic ring is 1. The van der Waals surface area contributed by atoms with Crippen molar-refractivity contribution >= 4 is 23.4 Å². The molecule has 1 aromatic heterocycles. The molecule has 0 radical (unpaired) electrons. The summed E-state index contributed by atoms with van der Waals surface area (Å²) in [5, 5.41) is 0.00514. The SMILES string of the molecule is C1CCOC1.CCOC(=O)c1cnc(Cl)nc1N. The second-order valence-corrected chi connectivity index (χ2v) is 3.82. The first-order chi connectivity index (χ1) is 8.65. The van der Waals surface area contributed by atoms with Crippen LogP contribution in [0.1, 0.15) is 30.1 Å². The van der Waals surface area contributed by atoms with Gasteiger partial charge in [-0.2, -0.15) is 0 Å². The third kappa shape index (κ3) is 4.85. The highest BCUT2D eigenvalue weighted by Gasteiger charge is 2.12. The van der Waals surface area contributed by atoms with Crippen molar-refractivity contribution in [1.82, 2.24) is 9.97 Å². The van der Waals surface area contributed by atoms with Crippen LogP contribution in [0.3, 0.4) is 0 Å².